The molecule has 0 atom stereocenters. The standard InChI is InChI=1S/C12H8F3IN2/c13-12(14,15)8-3-1-7(2-4-8)10-5-9(16)6-18-11(10)17/h1-6H,(H2,17,18). The average Bonchev–Trinajstić information content (AvgIpc) is 2.31. The maximum Gasteiger partial charge on any atom is 0.416 e. The molecule has 0 spiro atoms. The van der Waals surface area contributed by atoms with Crippen LogP contribution in [-0.2, 0) is 6.18 Å². The van der Waals surface area contributed by atoms with Gasteiger partial charge in [-0.25, -0.2) is 4.98 Å². The van der Waals surface area contributed by atoms with Crippen LogP contribution < -0.4 is 5.73 Å². The number of pyridine rings is 1. The minimum atomic E-state index is -4.33. The van der Waals surface area contributed by atoms with Gasteiger partial charge in [-0.1, -0.05) is 12.1 Å². The zero-order valence-corrected chi connectivity index (χ0v) is 11.2. The van der Waals surface area contributed by atoms with Crippen LogP contribution in [0.3, 0.4) is 0 Å². The van der Waals surface area contributed by atoms with Crippen molar-refractivity contribution >= 4 is 28.4 Å². The monoisotopic (exact) mass is 364 g/mol. The topological polar surface area (TPSA) is 38.9 Å². The minimum Gasteiger partial charge on any atom is -0.383 e. The fourth-order valence-electron chi connectivity index (χ4n) is 1.52. The third-order valence-electron chi connectivity index (χ3n) is 2.41. The Morgan fingerprint density at radius 3 is 2.28 bits per heavy atom. The van der Waals surface area contributed by atoms with Crippen LogP contribution in [0.2, 0.25) is 0 Å². The first-order chi connectivity index (χ1) is 8.38. The molecule has 0 amide bonds. The summed E-state index contributed by atoms with van der Waals surface area (Å²) in [5, 5.41) is 0. The van der Waals surface area contributed by atoms with Gasteiger partial charge in [0.15, 0.2) is 0 Å². The number of rotatable bonds is 1. The summed E-state index contributed by atoms with van der Waals surface area (Å²) >= 11 is 2.07. The first-order valence-electron chi connectivity index (χ1n) is 4.96. The summed E-state index contributed by atoms with van der Waals surface area (Å²) in [5.74, 6) is 0.301. The molecule has 2 N–H and O–H groups in total. The zero-order valence-electron chi connectivity index (χ0n) is 9.00. The molecule has 1 heterocycles. The highest BCUT2D eigenvalue weighted by Gasteiger charge is 2.30. The Balaban J connectivity index is 2.43. The fraction of sp³-hybridized carbons (Fsp3) is 0.0833. The van der Waals surface area contributed by atoms with Crippen LogP contribution in [0.4, 0.5) is 19.0 Å². The van der Waals surface area contributed by atoms with Crippen molar-refractivity contribution in [1.29, 1.82) is 0 Å². The SMILES string of the molecule is Nc1ncc(I)cc1-c1ccc(C(F)(F)F)cc1. The molecule has 0 aliphatic heterocycles. The van der Waals surface area contributed by atoms with E-state index in [2.05, 4.69) is 27.6 Å². The number of nitrogens with zero attached hydrogens (tertiary/aromatic N) is 1. The molecular formula is C12H8F3IN2. The predicted octanol–water partition coefficient (Wildman–Crippen LogP) is 3.95. The third-order valence-corrected chi connectivity index (χ3v) is 3.00. The Morgan fingerprint density at radius 1 is 1.11 bits per heavy atom. The van der Waals surface area contributed by atoms with Crippen molar-refractivity contribution in [2.24, 2.45) is 0 Å². The molecule has 0 aliphatic rings. The maximum atomic E-state index is 12.4. The second-order valence-corrected chi connectivity index (χ2v) is 4.91. The number of nitrogen functional groups attached to an aromatic ring is 1. The van der Waals surface area contributed by atoms with E-state index >= 15 is 0 Å². The summed E-state index contributed by atoms with van der Waals surface area (Å²) in [7, 11) is 0. The van der Waals surface area contributed by atoms with Gasteiger partial charge in [0, 0.05) is 15.3 Å². The lowest BCUT2D eigenvalue weighted by atomic mass is 10.0. The molecule has 0 saturated carbocycles. The number of nitrogens with two attached hydrogens (primary N) is 1. The average molecular weight is 364 g/mol. The summed E-state index contributed by atoms with van der Waals surface area (Å²) in [4.78, 5) is 3.97. The van der Waals surface area contributed by atoms with Gasteiger partial charge in [0.05, 0.1) is 5.56 Å². The second kappa shape index (κ2) is 4.75. The summed E-state index contributed by atoms with van der Waals surface area (Å²) in [6, 6.07) is 6.65. The number of aromatic nitrogens is 1. The normalized spacial score (nSPS) is 11.6. The number of hydrogen-bond acceptors (Lipinski definition) is 2. The van der Waals surface area contributed by atoms with Crippen molar-refractivity contribution in [2.75, 3.05) is 5.73 Å². The largest absolute Gasteiger partial charge is 0.416 e. The van der Waals surface area contributed by atoms with Crippen LogP contribution in [0.1, 0.15) is 5.56 Å². The summed E-state index contributed by atoms with van der Waals surface area (Å²) in [6.07, 6.45) is -2.73. The Hall–Kier alpha value is -1.31. The molecule has 2 rings (SSSR count). The van der Waals surface area contributed by atoms with Crippen molar-refractivity contribution in [3.63, 3.8) is 0 Å². The van der Waals surface area contributed by atoms with Gasteiger partial charge in [0.25, 0.3) is 0 Å². The molecule has 1 aromatic carbocycles. The molecule has 18 heavy (non-hydrogen) atoms. The molecule has 2 aromatic rings. The number of alkyl halides is 3. The highest BCUT2D eigenvalue weighted by atomic mass is 127. The minimum absolute atomic E-state index is 0.301. The molecule has 1 aromatic heterocycles. The van der Waals surface area contributed by atoms with E-state index in [0.717, 1.165) is 15.7 Å². The van der Waals surface area contributed by atoms with E-state index < -0.39 is 11.7 Å². The van der Waals surface area contributed by atoms with Gasteiger partial charge in [-0.3, -0.25) is 0 Å². The van der Waals surface area contributed by atoms with Gasteiger partial charge in [0.2, 0.25) is 0 Å². The van der Waals surface area contributed by atoms with Crippen molar-refractivity contribution < 1.29 is 13.2 Å². The first kappa shape index (κ1) is 13.1. The van der Waals surface area contributed by atoms with E-state index in [1.165, 1.54) is 12.1 Å². The molecule has 0 bridgehead atoms. The molecule has 2 nitrogen and oxygen atoms in total. The van der Waals surface area contributed by atoms with E-state index in [4.69, 9.17) is 5.73 Å². The van der Waals surface area contributed by atoms with Gasteiger partial charge in [-0.2, -0.15) is 13.2 Å². The molecule has 0 unspecified atom stereocenters. The molecular weight excluding hydrogens is 356 g/mol. The van der Waals surface area contributed by atoms with Gasteiger partial charge in [-0.05, 0) is 46.4 Å². The first-order valence-corrected chi connectivity index (χ1v) is 6.04. The van der Waals surface area contributed by atoms with Crippen molar-refractivity contribution in [1.82, 2.24) is 4.98 Å². The van der Waals surface area contributed by atoms with Gasteiger partial charge in [0.1, 0.15) is 5.82 Å². The number of hydrogen-bond donors (Lipinski definition) is 1. The van der Waals surface area contributed by atoms with E-state index in [1.807, 2.05) is 0 Å². The van der Waals surface area contributed by atoms with Crippen LogP contribution in [0.5, 0.6) is 0 Å². The van der Waals surface area contributed by atoms with Gasteiger partial charge < -0.3 is 5.73 Å². The lowest BCUT2D eigenvalue weighted by molar-refractivity contribution is -0.137. The lowest BCUT2D eigenvalue weighted by Crippen LogP contribution is -2.04. The number of benzene rings is 1. The van der Waals surface area contributed by atoms with Crippen LogP contribution in [0, 0.1) is 3.57 Å². The highest BCUT2D eigenvalue weighted by Crippen LogP contribution is 2.32. The molecule has 0 fully saturated rings. The molecule has 0 saturated heterocycles. The van der Waals surface area contributed by atoms with Crippen LogP contribution >= 0.6 is 22.6 Å². The van der Waals surface area contributed by atoms with Gasteiger partial charge in [-0.15, -0.1) is 0 Å². The maximum absolute atomic E-state index is 12.4. The Kier molecular flexibility index (Phi) is 3.47. The fourth-order valence-corrected chi connectivity index (χ4v) is 1.97. The number of halogens is 4. The van der Waals surface area contributed by atoms with Gasteiger partial charge >= 0.3 is 6.18 Å². The Bertz CT molecular complexity index is 565. The summed E-state index contributed by atoms with van der Waals surface area (Å²) in [6.45, 7) is 0. The van der Waals surface area contributed by atoms with Crippen molar-refractivity contribution in [3.8, 4) is 11.1 Å². The molecule has 0 aliphatic carbocycles. The molecule has 94 valence electrons. The highest BCUT2D eigenvalue weighted by molar-refractivity contribution is 14.1. The second-order valence-electron chi connectivity index (χ2n) is 3.66. The Labute approximate surface area is 115 Å². The molecule has 0 radical (unpaired) electrons. The van der Waals surface area contributed by atoms with E-state index in [1.54, 1.807) is 12.3 Å². The van der Waals surface area contributed by atoms with E-state index in [0.29, 0.717) is 16.9 Å². The molecule has 6 heteroatoms. The zero-order chi connectivity index (χ0) is 13.3. The van der Waals surface area contributed by atoms with Crippen molar-refractivity contribution in [2.45, 2.75) is 6.18 Å². The summed E-state index contributed by atoms with van der Waals surface area (Å²) < 4.78 is 38.2. The predicted molar refractivity (Wildman–Crippen MR) is 71.8 cm³/mol. The quantitative estimate of drug-likeness (QED) is 0.779. The van der Waals surface area contributed by atoms with Crippen LogP contribution in [-0.4, -0.2) is 4.98 Å². The Morgan fingerprint density at radius 2 is 1.72 bits per heavy atom. The third kappa shape index (κ3) is 2.74. The smallest absolute Gasteiger partial charge is 0.383 e. The summed E-state index contributed by atoms with van der Waals surface area (Å²) in [5.41, 5.74) is 6.28. The van der Waals surface area contributed by atoms with E-state index in [-0.39, 0.29) is 0 Å². The van der Waals surface area contributed by atoms with E-state index in [9.17, 15) is 13.2 Å². The van der Waals surface area contributed by atoms with Crippen LogP contribution in [0.15, 0.2) is 36.5 Å². The van der Waals surface area contributed by atoms with Crippen molar-refractivity contribution in [3.05, 3.63) is 45.7 Å². The van der Waals surface area contributed by atoms with Crippen LogP contribution in [0.25, 0.3) is 11.1 Å². The lowest BCUT2D eigenvalue weighted by Gasteiger charge is -2.09. The number of anilines is 1.